The highest BCUT2D eigenvalue weighted by atomic mass is 14.5. The first-order valence-corrected chi connectivity index (χ1v) is 15.1. The molecule has 0 saturated heterocycles. The highest BCUT2D eigenvalue weighted by Gasteiger charge is 2.46. The third-order valence-corrected chi connectivity index (χ3v) is 9.51. The van der Waals surface area contributed by atoms with Gasteiger partial charge in [0, 0.05) is 0 Å². The zero-order valence-corrected chi connectivity index (χ0v) is 24.5. The average Bonchev–Trinajstić information content (AvgIpc) is 3.36. The van der Waals surface area contributed by atoms with E-state index in [1.807, 2.05) is 0 Å². The van der Waals surface area contributed by atoms with Crippen LogP contribution in [0.4, 0.5) is 0 Å². The summed E-state index contributed by atoms with van der Waals surface area (Å²) >= 11 is 0. The predicted octanol–water partition coefficient (Wildman–Crippen LogP) is 11.2. The van der Waals surface area contributed by atoms with E-state index < -0.39 is 5.41 Å². The molecule has 7 aromatic rings. The number of rotatable bonds is 4. The van der Waals surface area contributed by atoms with E-state index in [9.17, 15) is 0 Å². The lowest BCUT2D eigenvalue weighted by Gasteiger charge is -2.34. The van der Waals surface area contributed by atoms with Gasteiger partial charge in [-0.25, -0.2) is 0 Å². The van der Waals surface area contributed by atoms with Crippen LogP contribution in [0, 0.1) is 13.8 Å². The van der Waals surface area contributed by atoms with Crippen molar-refractivity contribution in [1.29, 1.82) is 0 Å². The van der Waals surface area contributed by atoms with Crippen LogP contribution in [-0.2, 0) is 5.41 Å². The molecular weight excluding hydrogens is 516 g/mol. The van der Waals surface area contributed by atoms with Crippen molar-refractivity contribution in [2.75, 3.05) is 0 Å². The van der Waals surface area contributed by atoms with E-state index in [0.717, 1.165) is 0 Å². The maximum absolute atomic E-state index is 2.47. The van der Waals surface area contributed by atoms with E-state index in [1.165, 1.54) is 77.5 Å². The second-order valence-corrected chi connectivity index (χ2v) is 11.7. The van der Waals surface area contributed by atoms with Crippen molar-refractivity contribution in [3.05, 3.63) is 191 Å². The summed E-state index contributed by atoms with van der Waals surface area (Å²) < 4.78 is 0. The zero-order chi connectivity index (χ0) is 29.0. The largest absolute Gasteiger partial charge is 0.0713 e. The molecule has 0 atom stereocenters. The van der Waals surface area contributed by atoms with Crippen molar-refractivity contribution in [1.82, 2.24) is 0 Å². The Hall–Kier alpha value is -5.20. The Morgan fingerprint density at radius 1 is 0.419 bits per heavy atom. The molecule has 0 fully saturated rings. The van der Waals surface area contributed by atoms with Crippen LogP contribution in [0.5, 0.6) is 0 Å². The van der Waals surface area contributed by atoms with Gasteiger partial charge in [0.25, 0.3) is 0 Å². The number of hydrogen-bond donors (Lipinski definition) is 0. The minimum atomic E-state index is -0.401. The van der Waals surface area contributed by atoms with Crippen LogP contribution in [-0.4, -0.2) is 0 Å². The zero-order valence-electron chi connectivity index (χ0n) is 24.5. The van der Waals surface area contributed by atoms with Crippen LogP contribution in [0.3, 0.4) is 0 Å². The fourth-order valence-corrected chi connectivity index (χ4v) is 7.57. The van der Waals surface area contributed by atoms with Gasteiger partial charge in [-0.15, -0.1) is 0 Å². The van der Waals surface area contributed by atoms with Crippen LogP contribution in [0.25, 0.3) is 44.2 Å². The molecule has 0 amide bonds. The molecule has 0 aliphatic heterocycles. The van der Waals surface area contributed by atoms with Crippen molar-refractivity contribution in [2.45, 2.75) is 19.3 Å². The molecule has 0 heterocycles. The van der Waals surface area contributed by atoms with Crippen molar-refractivity contribution in [3.63, 3.8) is 0 Å². The van der Waals surface area contributed by atoms with Gasteiger partial charge in [0.05, 0.1) is 5.41 Å². The van der Waals surface area contributed by atoms with Crippen LogP contribution >= 0.6 is 0 Å². The molecule has 204 valence electrons. The second kappa shape index (κ2) is 9.96. The summed E-state index contributed by atoms with van der Waals surface area (Å²) in [6, 6.07) is 58.2. The molecule has 1 aliphatic rings. The molecule has 0 N–H and O–H groups in total. The quantitative estimate of drug-likeness (QED) is 0.205. The monoisotopic (exact) mass is 548 g/mol. The van der Waals surface area contributed by atoms with Crippen molar-refractivity contribution >= 4 is 10.8 Å². The molecule has 0 spiro atoms. The lowest BCUT2D eigenvalue weighted by atomic mass is 9.67. The van der Waals surface area contributed by atoms with E-state index in [0.29, 0.717) is 0 Å². The van der Waals surface area contributed by atoms with Gasteiger partial charge in [0.15, 0.2) is 0 Å². The normalized spacial score (nSPS) is 13.1. The Bertz CT molecular complexity index is 2090. The van der Waals surface area contributed by atoms with E-state index in [1.54, 1.807) is 0 Å². The van der Waals surface area contributed by atoms with Crippen LogP contribution in [0.2, 0.25) is 0 Å². The minimum absolute atomic E-state index is 0.401. The number of aryl methyl sites for hydroxylation is 1. The first kappa shape index (κ1) is 25.5. The summed E-state index contributed by atoms with van der Waals surface area (Å²) in [5.74, 6) is 0. The van der Waals surface area contributed by atoms with Gasteiger partial charge in [-0.05, 0) is 97.4 Å². The summed E-state index contributed by atoms with van der Waals surface area (Å²) in [7, 11) is 0. The Balaban J connectivity index is 1.40. The third kappa shape index (κ3) is 3.76. The van der Waals surface area contributed by atoms with Gasteiger partial charge in [-0.1, -0.05) is 152 Å². The lowest BCUT2D eigenvalue weighted by Crippen LogP contribution is -2.28. The molecule has 0 heteroatoms. The van der Waals surface area contributed by atoms with Crippen LogP contribution in [0.1, 0.15) is 33.4 Å². The molecule has 7 aromatic carbocycles. The Morgan fingerprint density at radius 3 is 1.79 bits per heavy atom. The second-order valence-electron chi connectivity index (χ2n) is 11.7. The smallest absolute Gasteiger partial charge is 0.0622 e. The van der Waals surface area contributed by atoms with Crippen LogP contribution in [0.15, 0.2) is 158 Å². The van der Waals surface area contributed by atoms with E-state index >= 15 is 0 Å². The Labute approximate surface area is 253 Å². The van der Waals surface area contributed by atoms with Gasteiger partial charge in [0.1, 0.15) is 0 Å². The molecule has 0 radical (unpaired) electrons. The molecule has 0 saturated carbocycles. The topological polar surface area (TPSA) is 0 Å². The average molecular weight is 549 g/mol. The summed E-state index contributed by atoms with van der Waals surface area (Å²) in [6.07, 6.45) is 0. The third-order valence-electron chi connectivity index (χ3n) is 9.51. The van der Waals surface area contributed by atoms with Crippen molar-refractivity contribution < 1.29 is 0 Å². The first-order valence-electron chi connectivity index (χ1n) is 15.1. The number of benzene rings is 7. The summed E-state index contributed by atoms with van der Waals surface area (Å²) in [4.78, 5) is 0. The summed E-state index contributed by atoms with van der Waals surface area (Å²) in [5, 5.41) is 2.58. The molecular formula is C43H32. The highest BCUT2D eigenvalue weighted by Crippen LogP contribution is 2.56. The highest BCUT2D eigenvalue weighted by molar-refractivity contribution is 6.00. The van der Waals surface area contributed by atoms with Crippen molar-refractivity contribution in [3.8, 4) is 33.4 Å². The van der Waals surface area contributed by atoms with Gasteiger partial charge in [-0.3, -0.25) is 0 Å². The van der Waals surface area contributed by atoms with E-state index in [4.69, 9.17) is 0 Å². The molecule has 0 nitrogen and oxygen atoms in total. The molecule has 0 bridgehead atoms. The van der Waals surface area contributed by atoms with Gasteiger partial charge in [-0.2, -0.15) is 0 Å². The lowest BCUT2D eigenvalue weighted by molar-refractivity contribution is 0.769. The number of hydrogen-bond acceptors (Lipinski definition) is 0. The number of fused-ring (bicyclic) bond motifs is 4. The predicted molar refractivity (Wildman–Crippen MR) is 182 cm³/mol. The molecule has 43 heavy (non-hydrogen) atoms. The maximum Gasteiger partial charge on any atom is 0.0713 e. The first-order chi connectivity index (χ1) is 21.2. The molecule has 0 unspecified atom stereocenters. The van der Waals surface area contributed by atoms with Gasteiger partial charge < -0.3 is 0 Å². The maximum atomic E-state index is 2.47. The molecule has 1 aliphatic carbocycles. The summed E-state index contributed by atoms with van der Waals surface area (Å²) in [6.45, 7) is 4.52. The van der Waals surface area contributed by atoms with Crippen LogP contribution < -0.4 is 0 Å². The van der Waals surface area contributed by atoms with Gasteiger partial charge >= 0.3 is 0 Å². The fourth-order valence-electron chi connectivity index (χ4n) is 7.57. The molecule has 8 rings (SSSR count). The van der Waals surface area contributed by atoms with Gasteiger partial charge in [0.2, 0.25) is 0 Å². The van der Waals surface area contributed by atoms with Crippen molar-refractivity contribution in [2.24, 2.45) is 0 Å². The Morgan fingerprint density at radius 2 is 1.02 bits per heavy atom. The SMILES string of the molecule is Cc1ccc2ccccc2c1-c1cccc(-c2ccc3c(c2)C(c2ccccc2)(c2ccccc2)c2ccccc2-3)c1C. The standard InChI is InChI=1S/C43H32/c1-29-24-25-31-14-9-10-19-37(31)42(29)36-22-13-21-35(30(36)2)32-26-27-39-38-20-11-12-23-40(38)43(41(39)28-32,33-15-5-3-6-16-33)34-17-7-4-8-18-34/h3-28H,1-2H3. The minimum Gasteiger partial charge on any atom is -0.0622 e. The summed E-state index contributed by atoms with van der Waals surface area (Å²) in [5.41, 5.74) is 15.3. The van der Waals surface area contributed by atoms with E-state index in [-0.39, 0.29) is 0 Å². The molecule has 0 aromatic heterocycles. The van der Waals surface area contributed by atoms with E-state index in [2.05, 4.69) is 172 Å². The fraction of sp³-hybridized carbons (Fsp3) is 0.0698. The Kier molecular flexibility index (Phi) is 5.91.